The molecule has 1 aliphatic carbocycles. The van der Waals surface area contributed by atoms with Crippen molar-refractivity contribution >= 4 is 8.32 Å². The third kappa shape index (κ3) is 4.10. The zero-order chi connectivity index (χ0) is 13.2. The van der Waals surface area contributed by atoms with Gasteiger partial charge >= 0.3 is 0 Å². The van der Waals surface area contributed by atoms with Crippen molar-refractivity contribution in [3.63, 3.8) is 0 Å². The maximum absolute atomic E-state index is 6.62. The summed E-state index contributed by atoms with van der Waals surface area (Å²) in [6.45, 7) is 16.5. The lowest BCUT2D eigenvalue weighted by molar-refractivity contribution is 0.0379. The standard InChI is InChI=1S/C15H32OSi/c1-11(2)14-9-8-13(5)10-15(14)16-17(6,7)12(3)4/h11-15H,8-10H2,1-7H3. The van der Waals surface area contributed by atoms with Gasteiger partial charge in [0, 0.05) is 6.10 Å². The molecule has 3 unspecified atom stereocenters. The quantitative estimate of drug-likeness (QED) is 0.637. The van der Waals surface area contributed by atoms with E-state index in [0.29, 0.717) is 11.6 Å². The fourth-order valence-corrected chi connectivity index (χ4v) is 4.10. The maximum Gasteiger partial charge on any atom is 0.189 e. The van der Waals surface area contributed by atoms with E-state index in [-0.39, 0.29) is 0 Å². The molecule has 1 saturated carbocycles. The SMILES string of the molecule is CC1CCC(C(C)C)C(O[Si](C)(C)C(C)C)C1. The second-order valence-electron chi connectivity index (χ2n) is 7.24. The molecule has 0 aromatic rings. The first-order valence-corrected chi connectivity index (χ1v) is 10.4. The molecule has 0 spiro atoms. The normalized spacial score (nSPS) is 31.2. The van der Waals surface area contributed by atoms with E-state index in [0.717, 1.165) is 17.8 Å². The van der Waals surface area contributed by atoms with Gasteiger partial charge in [0.2, 0.25) is 0 Å². The highest BCUT2D eigenvalue weighted by Gasteiger charge is 2.37. The molecule has 1 rings (SSSR count). The predicted molar refractivity (Wildman–Crippen MR) is 78.8 cm³/mol. The van der Waals surface area contributed by atoms with E-state index in [4.69, 9.17) is 4.43 Å². The summed E-state index contributed by atoms with van der Waals surface area (Å²) in [5.41, 5.74) is 0.715. The van der Waals surface area contributed by atoms with E-state index >= 15 is 0 Å². The Morgan fingerprint density at radius 1 is 1.06 bits per heavy atom. The highest BCUT2D eigenvalue weighted by Crippen LogP contribution is 2.38. The topological polar surface area (TPSA) is 9.23 Å². The first kappa shape index (κ1) is 15.2. The van der Waals surface area contributed by atoms with E-state index in [1.165, 1.54) is 19.3 Å². The molecule has 0 aromatic carbocycles. The number of hydrogen-bond donors (Lipinski definition) is 0. The molecule has 1 aliphatic rings. The lowest BCUT2D eigenvalue weighted by Crippen LogP contribution is -2.44. The molecular weight excluding hydrogens is 224 g/mol. The molecule has 0 bridgehead atoms. The first-order valence-electron chi connectivity index (χ1n) is 7.41. The summed E-state index contributed by atoms with van der Waals surface area (Å²) in [5.74, 6) is 2.41. The van der Waals surface area contributed by atoms with Crippen molar-refractivity contribution in [3.8, 4) is 0 Å². The summed E-state index contributed by atoms with van der Waals surface area (Å²) in [6, 6.07) is 0. The van der Waals surface area contributed by atoms with Crippen LogP contribution in [-0.2, 0) is 4.43 Å². The smallest absolute Gasteiger partial charge is 0.189 e. The Morgan fingerprint density at radius 2 is 1.65 bits per heavy atom. The van der Waals surface area contributed by atoms with E-state index < -0.39 is 8.32 Å². The van der Waals surface area contributed by atoms with Crippen molar-refractivity contribution in [3.05, 3.63) is 0 Å². The minimum Gasteiger partial charge on any atom is -0.414 e. The maximum atomic E-state index is 6.62. The summed E-state index contributed by atoms with van der Waals surface area (Å²) in [4.78, 5) is 0. The second kappa shape index (κ2) is 5.88. The van der Waals surface area contributed by atoms with E-state index in [1.54, 1.807) is 0 Å². The highest BCUT2D eigenvalue weighted by molar-refractivity contribution is 6.72. The minimum atomic E-state index is -1.49. The van der Waals surface area contributed by atoms with Crippen LogP contribution in [-0.4, -0.2) is 14.4 Å². The Balaban J connectivity index is 2.70. The van der Waals surface area contributed by atoms with Gasteiger partial charge in [0.05, 0.1) is 0 Å². The zero-order valence-electron chi connectivity index (χ0n) is 12.9. The summed E-state index contributed by atoms with van der Waals surface area (Å²) in [5, 5.41) is 0. The molecule has 102 valence electrons. The Bertz CT molecular complexity index is 235. The third-order valence-electron chi connectivity index (χ3n) is 4.81. The Labute approximate surface area is 109 Å². The Morgan fingerprint density at radius 3 is 2.12 bits per heavy atom. The van der Waals surface area contributed by atoms with Gasteiger partial charge in [0.1, 0.15) is 0 Å². The Kier molecular flexibility index (Phi) is 5.27. The monoisotopic (exact) mass is 256 g/mol. The molecular formula is C15H32OSi. The number of rotatable bonds is 4. The van der Waals surface area contributed by atoms with Gasteiger partial charge in [-0.05, 0) is 49.2 Å². The fourth-order valence-electron chi connectivity index (χ4n) is 2.78. The van der Waals surface area contributed by atoms with Gasteiger partial charge in [-0.1, -0.05) is 41.0 Å². The molecule has 2 heteroatoms. The van der Waals surface area contributed by atoms with E-state index in [2.05, 4.69) is 47.7 Å². The summed E-state index contributed by atoms with van der Waals surface area (Å²) in [6.07, 6.45) is 4.58. The lowest BCUT2D eigenvalue weighted by atomic mass is 9.75. The zero-order valence-corrected chi connectivity index (χ0v) is 13.9. The molecule has 0 heterocycles. The van der Waals surface area contributed by atoms with Crippen LogP contribution in [0.2, 0.25) is 18.6 Å². The van der Waals surface area contributed by atoms with Crippen LogP contribution in [0.15, 0.2) is 0 Å². The van der Waals surface area contributed by atoms with E-state index in [9.17, 15) is 0 Å². The van der Waals surface area contributed by atoms with Crippen LogP contribution in [0.25, 0.3) is 0 Å². The summed E-state index contributed by atoms with van der Waals surface area (Å²) in [7, 11) is -1.49. The van der Waals surface area contributed by atoms with Crippen LogP contribution in [0.1, 0.15) is 53.9 Å². The third-order valence-corrected chi connectivity index (χ3v) is 8.50. The second-order valence-corrected chi connectivity index (χ2v) is 11.8. The van der Waals surface area contributed by atoms with Gasteiger partial charge in [-0.15, -0.1) is 0 Å². The van der Waals surface area contributed by atoms with Crippen LogP contribution in [0.4, 0.5) is 0 Å². The van der Waals surface area contributed by atoms with Crippen molar-refractivity contribution in [1.82, 2.24) is 0 Å². The van der Waals surface area contributed by atoms with Gasteiger partial charge in [0.25, 0.3) is 0 Å². The van der Waals surface area contributed by atoms with Gasteiger partial charge in [-0.3, -0.25) is 0 Å². The molecule has 0 amide bonds. The van der Waals surface area contributed by atoms with E-state index in [1.807, 2.05) is 0 Å². The molecule has 0 radical (unpaired) electrons. The molecule has 0 aliphatic heterocycles. The van der Waals surface area contributed by atoms with Crippen molar-refractivity contribution in [2.24, 2.45) is 17.8 Å². The van der Waals surface area contributed by atoms with Gasteiger partial charge in [0.15, 0.2) is 8.32 Å². The lowest BCUT2D eigenvalue weighted by Gasteiger charge is -2.42. The van der Waals surface area contributed by atoms with Crippen molar-refractivity contribution in [1.29, 1.82) is 0 Å². The Hall–Kier alpha value is 0.177. The molecule has 0 saturated heterocycles. The van der Waals surface area contributed by atoms with Crippen LogP contribution < -0.4 is 0 Å². The fraction of sp³-hybridized carbons (Fsp3) is 1.00. The number of hydrogen-bond acceptors (Lipinski definition) is 1. The highest BCUT2D eigenvalue weighted by atomic mass is 28.4. The molecule has 3 atom stereocenters. The van der Waals surface area contributed by atoms with Crippen molar-refractivity contribution in [2.45, 2.75) is 78.6 Å². The van der Waals surface area contributed by atoms with Crippen molar-refractivity contribution < 1.29 is 4.43 Å². The molecule has 0 aromatic heterocycles. The van der Waals surface area contributed by atoms with Gasteiger partial charge in [-0.25, -0.2) is 0 Å². The summed E-state index contributed by atoms with van der Waals surface area (Å²) >= 11 is 0. The molecule has 1 nitrogen and oxygen atoms in total. The van der Waals surface area contributed by atoms with Crippen LogP contribution >= 0.6 is 0 Å². The van der Waals surface area contributed by atoms with Gasteiger partial charge in [-0.2, -0.15) is 0 Å². The molecule has 0 N–H and O–H groups in total. The molecule has 17 heavy (non-hydrogen) atoms. The predicted octanol–water partition coefficient (Wildman–Crippen LogP) is 5.08. The van der Waals surface area contributed by atoms with Crippen LogP contribution in [0.5, 0.6) is 0 Å². The van der Waals surface area contributed by atoms with Crippen molar-refractivity contribution in [2.75, 3.05) is 0 Å². The average molecular weight is 257 g/mol. The average Bonchev–Trinajstić information content (AvgIpc) is 2.15. The summed E-state index contributed by atoms with van der Waals surface area (Å²) < 4.78 is 6.62. The van der Waals surface area contributed by atoms with Crippen LogP contribution in [0, 0.1) is 17.8 Å². The van der Waals surface area contributed by atoms with Crippen LogP contribution in [0.3, 0.4) is 0 Å². The molecule has 1 fully saturated rings. The minimum absolute atomic E-state index is 0.530. The largest absolute Gasteiger partial charge is 0.414 e. The first-order chi connectivity index (χ1) is 7.74. The van der Waals surface area contributed by atoms with Gasteiger partial charge < -0.3 is 4.43 Å².